The zero-order valence-electron chi connectivity index (χ0n) is 4.48. The topological polar surface area (TPSA) is 52.0 Å². The van der Waals surface area contributed by atoms with E-state index in [2.05, 4.69) is 11.5 Å². The van der Waals surface area contributed by atoms with Crippen molar-refractivity contribution in [3.63, 3.8) is 0 Å². The lowest BCUT2D eigenvalue weighted by atomic mass is 10.3. The smallest absolute Gasteiger partial charge is 0.329 e. The van der Waals surface area contributed by atoms with Crippen LogP contribution in [0.5, 0.6) is 0 Å². The molecule has 0 heterocycles. The van der Waals surface area contributed by atoms with Crippen molar-refractivity contribution in [1.82, 2.24) is 0 Å². The lowest BCUT2D eigenvalue weighted by Crippen LogP contribution is -2.43. The van der Waals surface area contributed by atoms with Crippen molar-refractivity contribution in [2.45, 2.75) is 12.2 Å². The van der Waals surface area contributed by atoms with Gasteiger partial charge >= 0.3 is 6.18 Å². The SMILES string of the molecule is Cl.NC[C@H](N)C(F)(F)F. The number of nitrogens with two attached hydrogens (primary N) is 2. The maximum absolute atomic E-state index is 11.2. The van der Waals surface area contributed by atoms with Gasteiger partial charge in [-0.2, -0.15) is 13.2 Å². The molecule has 0 aliphatic rings. The van der Waals surface area contributed by atoms with E-state index in [1.165, 1.54) is 0 Å². The van der Waals surface area contributed by atoms with Gasteiger partial charge in [-0.3, -0.25) is 0 Å². The predicted molar refractivity (Wildman–Crippen MR) is 30.3 cm³/mol. The summed E-state index contributed by atoms with van der Waals surface area (Å²) < 4.78 is 33.7. The molecule has 58 valence electrons. The van der Waals surface area contributed by atoms with Gasteiger partial charge in [-0.25, -0.2) is 0 Å². The second kappa shape index (κ2) is 3.92. The standard InChI is InChI=1S/C3H7F3N2.ClH/c4-3(5,6)2(8)1-7;/h2H,1,7-8H2;1H/t2-;/m0./s1. The quantitative estimate of drug-likeness (QED) is 0.584. The van der Waals surface area contributed by atoms with Crippen molar-refractivity contribution in [3.05, 3.63) is 0 Å². The highest BCUT2D eigenvalue weighted by Crippen LogP contribution is 2.16. The largest absolute Gasteiger partial charge is 0.404 e. The van der Waals surface area contributed by atoms with Crippen LogP contribution in [0.1, 0.15) is 0 Å². The Kier molecular flexibility index (Phi) is 5.12. The summed E-state index contributed by atoms with van der Waals surface area (Å²) in [6, 6.07) is -1.87. The van der Waals surface area contributed by atoms with Gasteiger partial charge in [-0.05, 0) is 0 Å². The predicted octanol–water partition coefficient (Wildman–Crippen LogP) is 0.257. The molecule has 1 atom stereocenters. The van der Waals surface area contributed by atoms with Crippen LogP contribution in [0.2, 0.25) is 0 Å². The molecule has 0 aromatic rings. The highest BCUT2D eigenvalue weighted by atomic mass is 35.5. The Labute approximate surface area is 56.8 Å². The first kappa shape index (κ1) is 11.8. The first-order valence-corrected chi connectivity index (χ1v) is 2.01. The van der Waals surface area contributed by atoms with E-state index in [0.29, 0.717) is 0 Å². The van der Waals surface area contributed by atoms with Gasteiger partial charge in [0.05, 0.1) is 0 Å². The first-order chi connectivity index (χ1) is 3.48. The van der Waals surface area contributed by atoms with Crippen LogP contribution in [0.3, 0.4) is 0 Å². The molecule has 0 spiro atoms. The molecule has 0 aromatic heterocycles. The van der Waals surface area contributed by atoms with Crippen molar-refractivity contribution in [2.75, 3.05) is 6.54 Å². The van der Waals surface area contributed by atoms with E-state index in [1.807, 2.05) is 0 Å². The number of halogens is 4. The summed E-state index contributed by atoms with van der Waals surface area (Å²) >= 11 is 0. The van der Waals surface area contributed by atoms with Gasteiger partial charge in [-0.1, -0.05) is 0 Å². The molecule has 0 aliphatic carbocycles. The zero-order valence-corrected chi connectivity index (χ0v) is 5.30. The molecule has 2 nitrogen and oxygen atoms in total. The Balaban J connectivity index is 0. The van der Waals surface area contributed by atoms with Gasteiger partial charge < -0.3 is 11.5 Å². The van der Waals surface area contributed by atoms with Crippen molar-refractivity contribution < 1.29 is 13.2 Å². The summed E-state index contributed by atoms with van der Waals surface area (Å²) in [6.07, 6.45) is -4.34. The summed E-state index contributed by atoms with van der Waals surface area (Å²) in [5.74, 6) is 0. The van der Waals surface area contributed by atoms with Gasteiger partial charge in [0.15, 0.2) is 0 Å². The Morgan fingerprint density at radius 2 is 1.67 bits per heavy atom. The van der Waals surface area contributed by atoms with Crippen molar-refractivity contribution >= 4 is 12.4 Å². The van der Waals surface area contributed by atoms with E-state index in [9.17, 15) is 13.2 Å². The summed E-state index contributed by atoms with van der Waals surface area (Å²) in [6.45, 7) is -0.552. The van der Waals surface area contributed by atoms with Crippen LogP contribution >= 0.6 is 12.4 Å². The second-order valence-corrected chi connectivity index (χ2v) is 1.38. The summed E-state index contributed by atoms with van der Waals surface area (Å²) in [4.78, 5) is 0. The molecule has 0 aliphatic heterocycles. The van der Waals surface area contributed by atoms with Crippen molar-refractivity contribution in [1.29, 1.82) is 0 Å². The molecule has 9 heavy (non-hydrogen) atoms. The Bertz CT molecular complexity index is 73.9. The van der Waals surface area contributed by atoms with Crippen LogP contribution in [0.25, 0.3) is 0 Å². The molecule has 0 unspecified atom stereocenters. The van der Waals surface area contributed by atoms with Crippen molar-refractivity contribution in [3.8, 4) is 0 Å². The second-order valence-electron chi connectivity index (χ2n) is 1.38. The van der Waals surface area contributed by atoms with E-state index >= 15 is 0 Å². The third-order valence-corrected chi connectivity index (χ3v) is 0.674. The highest BCUT2D eigenvalue weighted by Gasteiger charge is 2.35. The maximum Gasteiger partial charge on any atom is 0.404 e. The Morgan fingerprint density at radius 1 is 1.33 bits per heavy atom. The number of hydrogen-bond acceptors (Lipinski definition) is 2. The Hall–Kier alpha value is -0.0000000000000000555. The van der Waals surface area contributed by atoms with E-state index in [4.69, 9.17) is 0 Å². The van der Waals surface area contributed by atoms with E-state index in [0.717, 1.165) is 0 Å². The molecule has 0 saturated heterocycles. The normalized spacial score (nSPS) is 14.3. The molecule has 0 amide bonds. The number of hydrogen-bond donors (Lipinski definition) is 2. The summed E-state index contributed by atoms with van der Waals surface area (Å²) in [5, 5.41) is 0. The molecular formula is C3H8ClF3N2. The molecule has 0 saturated carbocycles. The molecule has 0 fully saturated rings. The molecule has 6 heteroatoms. The lowest BCUT2D eigenvalue weighted by Gasteiger charge is -2.11. The lowest BCUT2D eigenvalue weighted by molar-refractivity contribution is -0.145. The van der Waals surface area contributed by atoms with Gasteiger partial charge in [0.2, 0.25) is 0 Å². The maximum atomic E-state index is 11.2. The Morgan fingerprint density at radius 3 is 1.67 bits per heavy atom. The van der Waals surface area contributed by atoms with E-state index < -0.39 is 18.8 Å². The minimum Gasteiger partial charge on any atom is -0.329 e. The molecule has 4 N–H and O–H groups in total. The van der Waals surface area contributed by atoms with Crippen LogP contribution < -0.4 is 11.5 Å². The fourth-order valence-electron chi connectivity index (χ4n) is 0.134. The average molecular weight is 165 g/mol. The monoisotopic (exact) mass is 164 g/mol. The van der Waals surface area contributed by atoms with Crippen molar-refractivity contribution in [2.24, 2.45) is 11.5 Å². The molecular weight excluding hydrogens is 156 g/mol. The van der Waals surface area contributed by atoms with Crippen LogP contribution in [0.4, 0.5) is 13.2 Å². The fraction of sp³-hybridized carbons (Fsp3) is 1.00. The summed E-state index contributed by atoms with van der Waals surface area (Å²) in [5.41, 5.74) is 9.11. The summed E-state index contributed by atoms with van der Waals surface area (Å²) in [7, 11) is 0. The third-order valence-electron chi connectivity index (χ3n) is 0.674. The number of alkyl halides is 3. The fourth-order valence-corrected chi connectivity index (χ4v) is 0.134. The molecule has 0 rings (SSSR count). The van der Waals surface area contributed by atoms with Gasteiger partial charge in [-0.15, -0.1) is 12.4 Å². The minimum absolute atomic E-state index is 0. The van der Waals surface area contributed by atoms with Crippen LogP contribution in [-0.2, 0) is 0 Å². The molecule has 0 radical (unpaired) electrons. The average Bonchev–Trinajstić information content (AvgIpc) is 1.62. The van der Waals surface area contributed by atoms with Crippen LogP contribution in [-0.4, -0.2) is 18.8 Å². The van der Waals surface area contributed by atoms with Gasteiger partial charge in [0.25, 0.3) is 0 Å². The van der Waals surface area contributed by atoms with Gasteiger partial charge in [0, 0.05) is 6.54 Å². The van der Waals surface area contributed by atoms with Crippen LogP contribution in [0.15, 0.2) is 0 Å². The molecule has 0 aromatic carbocycles. The zero-order chi connectivity index (χ0) is 6.78. The molecule has 0 bridgehead atoms. The van der Waals surface area contributed by atoms with E-state index in [-0.39, 0.29) is 12.4 Å². The van der Waals surface area contributed by atoms with E-state index in [1.54, 1.807) is 0 Å². The minimum atomic E-state index is -4.34. The first-order valence-electron chi connectivity index (χ1n) is 2.01. The highest BCUT2D eigenvalue weighted by molar-refractivity contribution is 5.85. The van der Waals surface area contributed by atoms with Crippen LogP contribution in [0, 0.1) is 0 Å². The number of rotatable bonds is 1. The third kappa shape index (κ3) is 4.50. The van der Waals surface area contributed by atoms with Gasteiger partial charge in [0.1, 0.15) is 6.04 Å².